The Morgan fingerprint density at radius 2 is 1.75 bits per heavy atom. The summed E-state index contributed by atoms with van der Waals surface area (Å²) in [5, 5.41) is 2.54. The van der Waals surface area contributed by atoms with Gasteiger partial charge in [-0.3, -0.25) is 20.4 Å². The van der Waals surface area contributed by atoms with Gasteiger partial charge in [-0.05, 0) is 18.6 Å². The molecule has 0 aromatic carbocycles. The Morgan fingerprint density at radius 3 is 2.31 bits per heavy atom. The standard InChI is InChI=1S/C10H19N3O2S/c1-3-5-6-7-9(15)12-13-10(16)11-8(14)4-2/h3-7H2,1-2H3,(H,12,15)(H2,11,13,14,16). The Labute approximate surface area is 101 Å². The van der Waals surface area contributed by atoms with Crippen molar-refractivity contribution in [2.24, 2.45) is 0 Å². The molecule has 16 heavy (non-hydrogen) atoms. The van der Waals surface area contributed by atoms with Crippen LogP contribution in [0.1, 0.15) is 46.0 Å². The summed E-state index contributed by atoms with van der Waals surface area (Å²) < 4.78 is 0. The number of nitrogens with one attached hydrogen (secondary N) is 3. The highest BCUT2D eigenvalue weighted by Crippen LogP contribution is 1.97. The summed E-state index contributed by atoms with van der Waals surface area (Å²) in [4.78, 5) is 22.2. The lowest BCUT2D eigenvalue weighted by Gasteiger charge is -2.09. The van der Waals surface area contributed by atoms with Crippen LogP contribution in [-0.4, -0.2) is 16.9 Å². The summed E-state index contributed by atoms with van der Waals surface area (Å²) in [5.41, 5.74) is 4.90. The maximum atomic E-state index is 11.2. The van der Waals surface area contributed by atoms with E-state index in [-0.39, 0.29) is 16.9 Å². The molecule has 0 saturated heterocycles. The zero-order chi connectivity index (χ0) is 12.4. The third-order valence-electron chi connectivity index (χ3n) is 1.90. The number of hydrazine groups is 1. The van der Waals surface area contributed by atoms with Crippen molar-refractivity contribution >= 4 is 29.1 Å². The van der Waals surface area contributed by atoms with Crippen LogP contribution in [0.25, 0.3) is 0 Å². The lowest BCUT2D eigenvalue weighted by atomic mass is 10.2. The van der Waals surface area contributed by atoms with Crippen LogP contribution in [0.5, 0.6) is 0 Å². The van der Waals surface area contributed by atoms with E-state index in [1.807, 2.05) is 0 Å². The number of unbranched alkanes of at least 4 members (excludes halogenated alkanes) is 2. The molecule has 0 atom stereocenters. The van der Waals surface area contributed by atoms with Crippen LogP contribution < -0.4 is 16.2 Å². The summed E-state index contributed by atoms with van der Waals surface area (Å²) in [5.74, 6) is -0.306. The van der Waals surface area contributed by atoms with Gasteiger partial charge in [-0.2, -0.15) is 0 Å². The first-order valence-electron chi connectivity index (χ1n) is 5.48. The van der Waals surface area contributed by atoms with Gasteiger partial charge < -0.3 is 5.32 Å². The van der Waals surface area contributed by atoms with Gasteiger partial charge in [-0.15, -0.1) is 0 Å². The topological polar surface area (TPSA) is 70.2 Å². The van der Waals surface area contributed by atoms with E-state index in [0.29, 0.717) is 12.8 Å². The number of rotatable bonds is 5. The average Bonchev–Trinajstić information content (AvgIpc) is 2.26. The molecule has 0 saturated carbocycles. The Hall–Kier alpha value is -1.17. The minimum atomic E-state index is -0.183. The molecule has 0 aliphatic heterocycles. The van der Waals surface area contributed by atoms with Gasteiger partial charge in [0.2, 0.25) is 11.8 Å². The third kappa shape index (κ3) is 8.16. The largest absolute Gasteiger partial charge is 0.302 e. The molecule has 0 unspecified atom stereocenters. The van der Waals surface area contributed by atoms with Crippen LogP contribution in [0.2, 0.25) is 0 Å². The molecule has 0 fully saturated rings. The third-order valence-corrected chi connectivity index (χ3v) is 2.10. The van der Waals surface area contributed by atoms with Crippen molar-refractivity contribution in [1.29, 1.82) is 0 Å². The number of amides is 2. The van der Waals surface area contributed by atoms with Crippen LogP contribution in [0.4, 0.5) is 0 Å². The lowest BCUT2D eigenvalue weighted by molar-refractivity contribution is -0.122. The molecule has 0 bridgehead atoms. The molecule has 0 aliphatic carbocycles. The van der Waals surface area contributed by atoms with Gasteiger partial charge in [-0.25, -0.2) is 0 Å². The van der Waals surface area contributed by atoms with Gasteiger partial charge in [0.1, 0.15) is 0 Å². The van der Waals surface area contributed by atoms with E-state index >= 15 is 0 Å². The minimum Gasteiger partial charge on any atom is -0.302 e. The van der Waals surface area contributed by atoms with Crippen LogP contribution >= 0.6 is 12.2 Å². The molecule has 92 valence electrons. The number of thiocarbonyl (C=S) groups is 1. The molecule has 6 heteroatoms. The van der Waals surface area contributed by atoms with E-state index in [0.717, 1.165) is 19.3 Å². The summed E-state index contributed by atoms with van der Waals surface area (Å²) in [6.45, 7) is 3.80. The van der Waals surface area contributed by atoms with Gasteiger partial charge in [-0.1, -0.05) is 26.7 Å². The van der Waals surface area contributed by atoms with Gasteiger partial charge >= 0.3 is 0 Å². The average molecular weight is 245 g/mol. The highest BCUT2D eigenvalue weighted by atomic mass is 32.1. The fraction of sp³-hybridized carbons (Fsp3) is 0.700. The quantitative estimate of drug-likeness (QED) is 0.384. The maximum Gasteiger partial charge on any atom is 0.238 e. The first-order valence-corrected chi connectivity index (χ1v) is 5.89. The van der Waals surface area contributed by atoms with E-state index in [2.05, 4.69) is 23.1 Å². The van der Waals surface area contributed by atoms with Crippen LogP contribution in [0.15, 0.2) is 0 Å². The highest BCUT2D eigenvalue weighted by molar-refractivity contribution is 7.80. The lowest BCUT2D eigenvalue weighted by Crippen LogP contribution is -2.48. The summed E-state index contributed by atoms with van der Waals surface area (Å²) in [7, 11) is 0. The molecule has 0 rings (SSSR count). The van der Waals surface area contributed by atoms with Crippen LogP contribution in [-0.2, 0) is 9.59 Å². The molecule has 5 nitrogen and oxygen atoms in total. The van der Waals surface area contributed by atoms with Crippen molar-refractivity contribution < 1.29 is 9.59 Å². The number of hydrogen-bond acceptors (Lipinski definition) is 3. The van der Waals surface area contributed by atoms with E-state index in [1.54, 1.807) is 6.92 Å². The molecule has 0 heterocycles. The summed E-state index contributed by atoms with van der Waals surface area (Å²) >= 11 is 4.79. The van der Waals surface area contributed by atoms with E-state index in [4.69, 9.17) is 12.2 Å². The number of hydrogen-bond donors (Lipinski definition) is 3. The molecule has 0 radical (unpaired) electrons. The number of carbonyl (C=O) groups excluding carboxylic acids is 2. The zero-order valence-electron chi connectivity index (χ0n) is 9.76. The molecule has 0 aromatic heterocycles. The first kappa shape index (κ1) is 14.8. The Morgan fingerprint density at radius 1 is 1.06 bits per heavy atom. The second-order valence-corrected chi connectivity index (χ2v) is 3.77. The fourth-order valence-corrected chi connectivity index (χ4v) is 1.14. The second kappa shape index (κ2) is 9.08. The van der Waals surface area contributed by atoms with Crippen molar-refractivity contribution in [3.05, 3.63) is 0 Å². The summed E-state index contributed by atoms with van der Waals surface area (Å²) in [6, 6.07) is 0. The van der Waals surface area contributed by atoms with Crippen molar-refractivity contribution in [3.8, 4) is 0 Å². The van der Waals surface area contributed by atoms with Crippen molar-refractivity contribution in [1.82, 2.24) is 16.2 Å². The van der Waals surface area contributed by atoms with Crippen LogP contribution in [0, 0.1) is 0 Å². The first-order chi connectivity index (χ1) is 7.60. The van der Waals surface area contributed by atoms with Crippen molar-refractivity contribution in [3.63, 3.8) is 0 Å². The molecule has 0 aromatic rings. The van der Waals surface area contributed by atoms with E-state index < -0.39 is 0 Å². The molecule has 3 N–H and O–H groups in total. The van der Waals surface area contributed by atoms with Gasteiger partial charge in [0.25, 0.3) is 0 Å². The normalized spacial score (nSPS) is 9.38. The van der Waals surface area contributed by atoms with Crippen LogP contribution in [0.3, 0.4) is 0 Å². The molecule has 0 aliphatic rings. The predicted molar refractivity (Wildman–Crippen MR) is 66.5 cm³/mol. The highest BCUT2D eigenvalue weighted by Gasteiger charge is 2.03. The van der Waals surface area contributed by atoms with Crippen molar-refractivity contribution in [2.45, 2.75) is 46.0 Å². The monoisotopic (exact) mass is 245 g/mol. The molecule has 0 spiro atoms. The molecule has 2 amide bonds. The fourth-order valence-electron chi connectivity index (χ4n) is 0.971. The summed E-state index contributed by atoms with van der Waals surface area (Å²) in [6.07, 6.45) is 3.78. The van der Waals surface area contributed by atoms with E-state index in [1.165, 1.54) is 0 Å². The Balaban J connectivity index is 3.59. The maximum absolute atomic E-state index is 11.2. The molecular formula is C10H19N3O2S. The SMILES string of the molecule is CCCCCC(=O)NNC(=S)NC(=O)CC. The smallest absolute Gasteiger partial charge is 0.238 e. The second-order valence-electron chi connectivity index (χ2n) is 3.36. The van der Waals surface area contributed by atoms with E-state index in [9.17, 15) is 9.59 Å². The van der Waals surface area contributed by atoms with Crippen molar-refractivity contribution in [2.75, 3.05) is 0 Å². The van der Waals surface area contributed by atoms with Gasteiger partial charge in [0.15, 0.2) is 5.11 Å². The number of carbonyl (C=O) groups is 2. The van der Waals surface area contributed by atoms with Gasteiger partial charge in [0.05, 0.1) is 0 Å². The van der Waals surface area contributed by atoms with Gasteiger partial charge in [0, 0.05) is 12.8 Å². The Bertz CT molecular complexity index is 256. The predicted octanol–water partition coefficient (Wildman–Crippen LogP) is 0.999. The Kier molecular flexibility index (Phi) is 8.42. The minimum absolute atomic E-state index is 0.121. The molecular weight excluding hydrogens is 226 g/mol. The zero-order valence-corrected chi connectivity index (χ0v) is 10.6.